The molecule has 1 N–H and O–H groups in total. The number of nitrogens with one attached hydrogen (secondary N) is 1. The van der Waals surface area contributed by atoms with Gasteiger partial charge in [-0.25, -0.2) is 17.8 Å². The van der Waals surface area contributed by atoms with Gasteiger partial charge >= 0.3 is 0 Å². The number of hydrogen-bond donors (Lipinski definition) is 1. The Morgan fingerprint density at radius 2 is 2.05 bits per heavy atom. The molecule has 2 rings (SSSR count). The normalized spacial score (nSPS) is 11.3. The largest absolute Gasteiger partial charge is 0.339 e. The molecule has 0 radical (unpaired) electrons. The van der Waals surface area contributed by atoms with E-state index in [1.54, 1.807) is 0 Å². The van der Waals surface area contributed by atoms with Crippen molar-refractivity contribution in [3.63, 3.8) is 0 Å². The van der Waals surface area contributed by atoms with Crippen LogP contribution >= 0.6 is 11.6 Å². The molecule has 0 aliphatic heterocycles. The molecule has 0 spiro atoms. The molecular formula is C12H10ClFN2O2S. The molecule has 0 fully saturated rings. The maximum atomic E-state index is 13.0. The number of aromatic nitrogens is 1. The quantitative estimate of drug-likeness (QED) is 0.946. The first-order valence-electron chi connectivity index (χ1n) is 5.25. The Kier molecular flexibility index (Phi) is 3.73. The van der Waals surface area contributed by atoms with Crippen LogP contribution in [0.4, 0.5) is 15.9 Å². The maximum Gasteiger partial charge on any atom is 0.179 e. The van der Waals surface area contributed by atoms with Gasteiger partial charge in [0, 0.05) is 18.1 Å². The van der Waals surface area contributed by atoms with Crippen LogP contribution in [0.25, 0.3) is 0 Å². The number of sulfone groups is 1. The second-order valence-corrected chi connectivity index (χ2v) is 6.27. The first-order valence-corrected chi connectivity index (χ1v) is 7.52. The summed E-state index contributed by atoms with van der Waals surface area (Å²) in [5.41, 5.74) is 0.454. The van der Waals surface area contributed by atoms with E-state index in [9.17, 15) is 12.8 Å². The van der Waals surface area contributed by atoms with Crippen molar-refractivity contribution in [1.29, 1.82) is 0 Å². The van der Waals surface area contributed by atoms with E-state index in [1.807, 2.05) is 0 Å². The number of rotatable bonds is 3. The van der Waals surface area contributed by atoms with E-state index in [2.05, 4.69) is 10.3 Å². The van der Waals surface area contributed by atoms with Gasteiger partial charge in [-0.05, 0) is 30.3 Å². The van der Waals surface area contributed by atoms with E-state index in [4.69, 9.17) is 11.6 Å². The van der Waals surface area contributed by atoms with Gasteiger partial charge in [0.15, 0.2) is 9.84 Å². The Balaban J connectivity index is 2.41. The molecule has 2 aromatic rings. The fourth-order valence-electron chi connectivity index (χ4n) is 1.49. The molecule has 0 bridgehead atoms. The van der Waals surface area contributed by atoms with E-state index >= 15 is 0 Å². The van der Waals surface area contributed by atoms with Crippen LogP contribution in [0.5, 0.6) is 0 Å². The predicted molar refractivity (Wildman–Crippen MR) is 72.0 cm³/mol. The lowest BCUT2D eigenvalue weighted by atomic mass is 10.3. The standard InChI is InChI=1S/C12H10ClFN2O2S/c1-19(17,18)11-3-2-6-15-12(11)16-8-4-5-10(14)9(13)7-8/h2-7H,1H3,(H,15,16). The molecule has 1 heterocycles. The number of benzene rings is 1. The Morgan fingerprint density at radius 3 is 2.68 bits per heavy atom. The minimum absolute atomic E-state index is 0.0539. The SMILES string of the molecule is CS(=O)(=O)c1cccnc1Nc1ccc(F)c(Cl)c1. The Hall–Kier alpha value is -1.66. The molecule has 0 saturated carbocycles. The highest BCUT2D eigenvalue weighted by molar-refractivity contribution is 7.90. The van der Waals surface area contributed by atoms with Crippen LogP contribution in [0, 0.1) is 5.82 Å². The second-order valence-electron chi connectivity index (χ2n) is 3.88. The van der Waals surface area contributed by atoms with Crippen molar-refractivity contribution in [2.24, 2.45) is 0 Å². The number of anilines is 2. The summed E-state index contributed by atoms with van der Waals surface area (Å²) in [7, 11) is -3.40. The zero-order valence-corrected chi connectivity index (χ0v) is 11.5. The van der Waals surface area contributed by atoms with Crippen molar-refractivity contribution in [2.45, 2.75) is 4.90 Å². The highest BCUT2D eigenvalue weighted by Gasteiger charge is 2.14. The van der Waals surface area contributed by atoms with Crippen LogP contribution in [0.1, 0.15) is 0 Å². The average Bonchev–Trinajstić information content (AvgIpc) is 2.33. The monoisotopic (exact) mass is 300 g/mol. The van der Waals surface area contributed by atoms with E-state index in [0.29, 0.717) is 5.69 Å². The van der Waals surface area contributed by atoms with Crippen molar-refractivity contribution >= 4 is 32.9 Å². The minimum atomic E-state index is -3.40. The van der Waals surface area contributed by atoms with Gasteiger partial charge < -0.3 is 5.32 Å². The molecule has 0 atom stereocenters. The minimum Gasteiger partial charge on any atom is -0.339 e. The topological polar surface area (TPSA) is 59.1 Å². The molecule has 1 aromatic heterocycles. The van der Waals surface area contributed by atoms with Gasteiger partial charge in [0.05, 0.1) is 5.02 Å². The summed E-state index contributed by atoms with van der Waals surface area (Å²) in [6.45, 7) is 0. The van der Waals surface area contributed by atoms with Gasteiger partial charge in [-0.1, -0.05) is 11.6 Å². The smallest absolute Gasteiger partial charge is 0.179 e. The lowest BCUT2D eigenvalue weighted by Gasteiger charge is -2.09. The molecule has 7 heteroatoms. The third-order valence-electron chi connectivity index (χ3n) is 2.35. The molecule has 0 unspecified atom stereocenters. The van der Waals surface area contributed by atoms with Crippen LogP contribution < -0.4 is 5.32 Å². The van der Waals surface area contributed by atoms with E-state index in [0.717, 1.165) is 6.26 Å². The average molecular weight is 301 g/mol. The Morgan fingerprint density at radius 1 is 1.32 bits per heavy atom. The van der Waals surface area contributed by atoms with Gasteiger partial charge in [0.1, 0.15) is 16.5 Å². The molecule has 0 aliphatic rings. The lowest BCUT2D eigenvalue weighted by molar-refractivity contribution is 0.602. The zero-order valence-electron chi connectivity index (χ0n) is 9.89. The summed E-state index contributed by atoms with van der Waals surface area (Å²) in [4.78, 5) is 4.03. The number of halogens is 2. The molecular weight excluding hydrogens is 291 g/mol. The third kappa shape index (κ3) is 3.21. The second kappa shape index (κ2) is 5.14. The number of pyridine rings is 1. The summed E-state index contributed by atoms with van der Waals surface area (Å²) < 4.78 is 36.2. The lowest BCUT2D eigenvalue weighted by Crippen LogP contribution is -2.04. The van der Waals surface area contributed by atoms with Crippen LogP contribution in [0.15, 0.2) is 41.4 Å². The predicted octanol–water partition coefficient (Wildman–Crippen LogP) is 3.02. The van der Waals surface area contributed by atoms with Crippen molar-refractivity contribution in [2.75, 3.05) is 11.6 Å². The summed E-state index contributed by atoms with van der Waals surface area (Å²) in [5.74, 6) is -0.371. The number of nitrogens with zero attached hydrogens (tertiary/aromatic N) is 1. The molecule has 100 valence electrons. The summed E-state index contributed by atoms with van der Waals surface area (Å²) in [6, 6.07) is 6.96. The van der Waals surface area contributed by atoms with Gasteiger partial charge in [0.25, 0.3) is 0 Å². The fourth-order valence-corrected chi connectivity index (χ4v) is 2.46. The fraction of sp³-hybridized carbons (Fsp3) is 0.0833. The highest BCUT2D eigenvalue weighted by Crippen LogP contribution is 2.25. The van der Waals surface area contributed by atoms with Crippen molar-refractivity contribution in [3.05, 3.63) is 47.4 Å². The first kappa shape index (κ1) is 13.8. The van der Waals surface area contributed by atoms with Crippen molar-refractivity contribution < 1.29 is 12.8 Å². The van der Waals surface area contributed by atoms with Gasteiger partial charge in [-0.15, -0.1) is 0 Å². The van der Waals surface area contributed by atoms with Gasteiger partial charge in [-0.3, -0.25) is 0 Å². The zero-order chi connectivity index (χ0) is 14.0. The van der Waals surface area contributed by atoms with Crippen LogP contribution in [-0.4, -0.2) is 19.7 Å². The Bertz CT molecular complexity index is 719. The van der Waals surface area contributed by atoms with E-state index < -0.39 is 15.7 Å². The van der Waals surface area contributed by atoms with Crippen molar-refractivity contribution in [3.8, 4) is 0 Å². The maximum absolute atomic E-state index is 13.0. The van der Waals surface area contributed by atoms with E-state index in [-0.39, 0.29) is 15.7 Å². The molecule has 0 saturated heterocycles. The van der Waals surface area contributed by atoms with Gasteiger partial charge in [0.2, 0.25) is 0 Å². The van der Waals surface area contributed by atoms with Crippen molar-refractivity contribution in [1.82, 2.24) is 4.98 Å². The molecule has 19 heavy (non-hydrogen) atoms. The van der Waals surface area contributed by atoms with Crippen LogP contribution in [0.3, 0.4) is 0 Å². The molecule has 0 aliphatic carbocycles. The summed E-state index contributed by atoms with van der Waals surface area (Å²) >= 11 is 5.66. The molecule has 0 amide bonds. The van der Waals surface area contributed by atoms with E-state index in [1.165, 1.54) is 36.5 Å². The first-order chi connectivity index (χ1) is 8.88. The van der Waals surface area contributed by atoms with Crippen LogP contribution in [-0.2, 0) is 9.84 Å². The number of hydrogen-bond acceptors (Lipinski definition) is 4. The molecule has 1 aromatic carbocycles. The highest BCUT2D eigenvalue weighted by atomic mass is 35.5. The third-order valence-corrected chi connectivity index (χ3v) is 3.77. The molecule has 4 nitrogen and oxygen atoms in total. The summed E-state index contributed by atoms with van der Waals surface area (Å²) in [5, 5.41) is 2.75. The van der Waals surface area contributed by atoms with Gasteiger partial charge in [-0.2, -0.15) is 0 Å². The summed E-state index contributed by atoms with van der Waals surface area (Å²) in [6.07, 6.45) is 2.55. The Labute approximate surface area is 115 Å². The van der Waals surface area contributed by atoms with Crippen LogP contribution in [0.2, 0.25) is 5.02 Å².